The number of pyridine rings is 1. The van der Waals surface area contributed by atoms with Crippen LogP contribution in [0.5, 0.6) is 0 Å². The standard InChI is InChI=1S/C21H18FN3/c1-13-3-6-16(7-4-13)20-14(2)5-12-18-24-19(21(23)25(18)20)15-8-10-17(22)11-9-15/h3-12H,23H2,1-2H3. The largest absolute Gasteiger partial charge is 0.383 e. The number of anilines is 1. The minimum atomic E-state index is -0.276. The van der Waals surface area contributed by atoms with E-state index in [9.17, 15) is 4.39 Å². The van der Waals surface area contributed by atoms with Crippen molar-refractivity contribution in [3.8, 4) is 22.5 Å². The Labute approximate surface area is 145 Å². The van der Waals surface area contributed by atoms with Crippen molar-refractivity contribution in [3.63, 3.8) is 0 Å². The molecule has 0 atom stereocenters. The first-order chi connectivity index (χ1) is 12.0. The Balaban J connectivity index is 1.99. The van der Waals surface area contributed by atoms with Gasteiger partial charge in [0.1, 0.15) is 23.0 Å². The van der Waals surface area contributed by atoms with Crippen LogP contribution in [0.25, 0.3) is 28.2 Å². The number of nitrogens with zero attached hydrogens (tertiary/aromatic N) is 2. The van der Waals surface area contributed by atoms with Crippen molar-refractivity contribution in [2.45, 2.75) is 13.8 Å². The molecule has 0 bridgehead atoms. The van der Waals surface area contributed by atoms with Gasteiger partial charge < -0.3 is 5.73 Å². The third kappa shape index (κ3) is 2.56. The van der Waals surface area contributed by atoms with E-state index in [4.69, 9.17) is 5.73 Å². The topological polar surface area (TPSA) is 43.3 Å². The summed E-state index contributed by atoms with van der Waals surface area (Å²) < 4.78 is 15.2. The molecule has 2 aromatic carbocycles. The van der Waals surface area contributed by atoms with Crippen molar-refractivity contribution in [2.75, 3.05) is 5.73 Å². The second kappa shape index (κ2) is 5.74. The molecule has 25 heavy (non-hydrogen) atoms. The summed E-state index contributed by atoms with van der Waals surface area (Å²) in [6, 6.07) is 18.6. The van der Waals surface area contributed by atoms with Crippen LogP contribution in [-0.4, -0.2) is 9.38 Å². The predicted octanol–water partition coefficient (Wildman–Crippen LogP) is 5.01. The van der Waals surface area contributed by atoms with Crippen molar-refractivity contribution < 1.29 is 4.39 Å². The Morgan fingerprint density at radius 3 is 2.16 bits per heavy atom. The molecular formula is C21H18FN3. The molecule has 0 saturated heterocycles. The van der Waals surface area contributed by atoms with Crippen molar-refractivity contribution in [1.29, 1.82) is 0 Å². The number of aryl methyl sites for hydroxylation is 2. The first kappa shape index (κ1) is 15.4. The number of halogens is 1. The fourth-order valence-corrected chi connectivity index (χ4v) is 3.14. The highest BCUT2D eigenvalue weighted by atomic mass is 19.1. The number of nitrogen functional groups attached to an aromatic ring is 1. The average molecular weight is 331 g/mol. The van der Waals surface area contributed by atoms with Crippen molar-refractivity contribution >= 4 is 11.5 Å². The molecule has 0 saturated carbocycles. The number of benzene rings is 2. The Bertz CT molecular complexity index is 1060. The number of fused-ring (bicyclic) bond motifs is 1. The van der Waals surface area contributed by atoms with Crippen LogP contribution in [0.1, 0.15) is 11.1 Å². The van der Waals surface area contributed by atoms with E-state index in [1.807, 2.05) is 16.5 Å². The van der Waals surface area contributed by atoms with Gasteiger partial charge in [-0.05, 0) is 55.3 Å². The van der Waals surface area contributed by atoms with E-state index in [0.717, 1.165) is 28.0 Å². The molecule has 4 aromatic rings. The molecule has 4 rings (SSSR count). The van der Waals surface area contributed by atoms with E-state index in [1.165, 1.54) is 17.7 Å². The summed E-state index contributed by atoms with van der Waals surface area (Å²) in [4.78, 5) is 4.67. The fourth-order valence-electron chi connectivity index (χ4n) is 3.14. The van der Waals surface area contributed by atoms with Gasteiger partial charge in [0.15, 0.2) is 0 Å². The van der Waals surface area contributed by atoms with Crippen molar-refractivity contribution in [3.05, 3.63) is 77.6 Å². The summed E-state index contributed by atoms with van der Waals surface area (Å²) in [7, 11) is 0. The number of hydrogen-bond acceptors (Lipinski definition) is 2. The zero-order chi connectivity index (χ0) is 17.6. The summed E-state index contributed by atoms with van der Waals surface area (Å²) in [5, 5.41) is 0. The van der Waals surface area contributed by atoms with Crippen LogP contribution in [0.4, 0.5) is 10.2 Å². The lowest BCUT2D eigenvalue weighted by Gasteiger charge is -2.11. The van der Waals surface area contributed by atoms with Gasteiger partial charge in [-0.25, -0.2) is 9.37 Å². The van der Waals surface area contributed by atoms with Gasteiger partial charge in [0.05, 0.1) is 5.69 Å². The Morgan fingerprint density at radius 1 is 0.840 bits per heavy atom. The lowest BCUT2D eigenvalue weighted by molar-refractivity contribution is 0.628. The van der Waals surface area contributed by atoms with Crippen LogP contribution in [0.15, 0.2) is 60.7 Å². The number of imidazole rings is 1. The molecule has 0 spiro atoms. The summed E-state index contributed by atoms with van der Waals surface area (Å²) in [6.07, 6.45) is 0. The molecule has 2 heterocycles. The van der Waals surface area contributed by atoms with Gasteiger partial charge in [0.2, 0.25) is 0 Å². The van der Waals surface area contributed by atoms with Crippen LogP contribution >= 0.6 is 0 Å². The SMILES string of the molecule is Cc1ccc(-c2c(C)ccc3nc(-c4ccc(F)cc4)c(N)n23)cc1. The Kier molecular flexibility index (Phi) is 3.53. The maximum atomic E-state index is 13.2. The van der Waals surface area contributed by atoms with Gasteiger partial charge in [0, 0.05) is 5.56 Å². The first-order valence-corrected chi connectivity index (χ1v) is 8.15. The Morgan fingerprint density at radius 2 is 1.48 bits per heavy atom. The summed E-state index contributed by atoms with van der Waals surface area (Å²) in [5.74, 6) is 0.281. The van der Waals surface area contributed by atoms with E-state index in [1.54, 1.807) is 12.1 Å². The maximum absolute atomic E-state index is 13.2. The summed E-state index contributed by atoms with van der Waals surface area (Å²) in [5.41, 5.74) is 13.1. The Hall–Kier alpha value is -3.14. The van der Waals surface area contributed by atoms with Crippen LogP contribution in [0, 0.1) is 19.7 Å². The fraction of sp³-hybridized carbons (Fsp3) is 0.0952. The van der Waals surface area contributed by atoms with Gasteiger partial charge in [-0.1, -0.05) is 35.9 Å². The van der Waals surface area contributed by atoms with Crippen LogP contribution in [-0.2, 0) is 0 Å². The smallest absolute Gasteiger partial charge is 0.139 e. The highest BCUT2D eigenvalue weighted by Crippen LogP contribution is 2.33. The van der Waals surface area contributed by atoms with Gasteiger partial charge in [-0.3, -0.25) is 4.40 Å². The monoisotopic (exact) mass is 331 g/mol. The molecule has 0 unspecified atom stereocenters. The van der Waals surface area contributed by atoms with Gasteiger partial charge in [-0.15, -0.1) is 0 Å². The summed E-state index contributed by atoms with van der Waals surface area (Å²) in [6.45, 7) is 4.13. The molecule has 0 fully saturated rings. The second-order valence-electron chi connectivity index (χ2n) is 6.28. The van der Waals surface area contributed by atoms with E-state index >= 15 is 0 Å². The van der Waals surface area contributed by atoms with E-state index in [-0.39, 0.29) is 5.82 Å². The minimum Gasteiger partial charge on any atom is -0.383 e. The predicted molar refractivity (Wildman–Crippen MR) is 99.9 cm³/mol. The zero-order valence-electron chi connectivity index (χ0n) is 14.1. The second-order valence-corrected chi connectivity index (χ2v) is 6.28. The number of hydrogen-bond donors (Lipinski definition) is 1. The highest BCUT2D eigenvalue weighted by Gasteiger charge is 2.16. The number of nitrogens with two attached hydrogens (primary N) is 1. The molecule has 3 nitrogen and oxygen atoms in total. The van der Waals surface area contributed by atoms with Crippen LogP contribution in [0.2, 0.25) is 0 Å². The van der Waals surface area contributed by atoms with Crippen LogP contribution < -0.4 is 5.73 Å². The van der Waals surface area contributed by atoms with Crippen LogP contribution in [0.3, 0.4) is 0 Å². The maximum Gasteiger partial charge on any atom is 0.139 e. The molecule has 0 amide bonds. The quantitative estimate of drug-likeness (QED) is 0.561. The third-order valence-electron chi connectivity index (χ3n) is 4.46. The molecule has 2 aromatic heterocycles. The van der Waals surface area contributed by atoms with E-state index in [2.05, 4.69) is 43.1 Å². The van der Waals surface area contributed by atoms with E-state index < -0.39 is 0 Å². The lowest BCUT2D eigenvalue weighted by Crippen LogP contribution is -2.00. The zero-order valence-corrected chi connectivity index (χ0v) is 14.1. The van der Waals surface area contributed by atoms with Gasteiger partial charge >= 0.3 is 0 Å². The van der Waals surface area contributed by atoms with Crippen molar-refractivity contribution in [1.82, 2.24) is 9.38 Å². The normalized spacial score (nSPS) is 11.2. The molecule has 0 aliphatic heterocycles. The van der Waals surface area contributed by atoms with E-state index in [0.29, 0.717) is 11.5 Å². The molecule has 0 aliphatic carbocycles. The number of aromatic nitrogens is 2. The summed E-state index contributed by atoms with van der Waals surface area (Å²) >= 11 is 0. The third-order valence-corrected chi connectivity index (χ3v) is 4.46. The molecule has 2 N–H and O–H groups in total. The molecule has 0 radical (unpaired) electrons. The average Bonchev–Trinajstić information content (AvgIpc) is 2.94. The highest BCUT2D eigenvalue weighted by molar-refractivity contribution is 5.79. The molecule has 4 heteroatoms. The molecular weight excluding hydrogens is 313 g/mol. The van der Waals surface area contributed by atoms with Crippen molar-refractivity contribution in [2.24, 2.45) is 0 Å². The molecule has 0 aliphatic rings. The van der Waals surface area contributed by atoms with Gasteiger partial charge in [-0.2, -0.15) is 0 Å². The molecule has 124 valence electrons. The number of rotatable bonds is 2. The lowest BCUT2D eigenvalue weighted by atomic mass is 10.0. The first-order valence-electron chi connectivity index (χ1n) is 8.15. The van der Waals surface area contributed by atoms with Gasteiger partial charge in [0.25, 0.3) is 0 Å². The minimum absolute atomic E-state index is 0.276.